The third kappa shape index (κ3) is 5.19. The van der Waals surface area contributed by atoms with Crippen molar-refractivity contribution in [1.29, 1.82) is 0 Å². The molecular weight excluding hydrogens is 320 g/mol. The largest absolute Gasteiger partial charge is 0.340 e. The van der Waals surface area contributed by atoms with Crippen LogP contribution in [0.2, 0.25) is 0 Å². The Morgan fingerprint density at radius 3 is 2.45 bits per heavy atom. The van der Waals surface area contributed by atoms with Crippen LogP contribution in [0.1, 0.15) is 37.9 Å². The first-order valence-corrected chi connectivity index (χ1v) is 8.43. The summed E-state index contributed by atoms with van der Waals surface area (Å²) >= 11 is 1.74. The van der Waals surface area contributed by atoms with Crippen LogP contribution in [0.15, 0.2) is 5.38 Å². The lowest BCUT2D eigenvalue weighted by Crippen LogP contribution is -2.48. The van der Waals surface area contributed by atoms with Crippen molar-refractivity contribution in [2.45, 2.75) is 39.2 Å². The molecule has 0 radical (unpaired) electrons. The molecule has 22 heavy (non-hydrogen) atoms. The molecule has 126 valence electrons. The van der Waals surface area contributed by atoms with Crippen LogP contribution in [-0.4, -0.2) is 53.4 Å². The summed E-state index contributed by atoms with van der Waals surface area (Å²) in [6.45, 7) is 11.3. The highest BCUT2D eigenvalue weighted by atomic mass is 35.5. The Hall–Kier alpha value is -0.690. The number of carbonyl (C=O) groups excluding carboxylic acids is 1. The number of carbonyl (C=O) groups is 1. The van der Waals surface area contributed by atoms with Gasteiger partial charge in [0.25, 0.3) is 0 Å². The van der Waals surface area contributed by atoms with E-state index in [2.05, 4.69) is 31.1 Å². The van der Waals surface area contributed by atoms with Crippen molar-refractivity contribution in [2.24, 2.45) is 5.73 Å². The van der Waals surface area contributed by atoms with Gasteiger partial charge < -0.3 is 10.6 Å². The van der Waals surface area contributed by atoms with Crippen molar-refractivity contribution >= 4 is 29.7 Å². The second-order valence-corrected chi connectivity index (χ2v) is 7.45. The zero-order valence-electron chi connectivity index (χ0n) is 13.7. The average molecular weight is 347 g/mol. The number of aromatic nitrogens is 1. The molecule has 0 unspecified atom stereocenters. The fourth-order valence-electron chi connectivity index (χ4n) is 2.39. The van der Waals surface area contributed by atoms with Crippen LogP contribution in [0.3, 0.4) is 0 Å². The van der Waals surface area contributed by atoms with Crippen LogP contribution in [0.4, 0.5) is 0 Å². The summed E-state index contributed by atoms with van der Waals surface area (Å²) in [5.41, 5.74) is 6.70. The maximum Gasteiger partial charge on any atom is 0.223 e. The van der Waals surface area contributed by atoms with Crippen molar-refractivity contribution < 1.29 is 4.79 Å². The second-order valence-electron chi connectivity index (χ2n) is 6.59. The van der Waals surface area contributed by atoms with E-state index in [9.17, 15) is 4.79 Å². The smallest absolute Gasteiger partial charge is 0.223 e. The molecule has 1 amide bonds. The topological polar surface area (TPSA) is 62.5 Å². The van der Waals surface area contributed by atoms with E-state index in [0.717, 1.165) is 38.4 Å². The molecule has 2 heterocycles. The summed E-state index contributed by atoms with van der Waals surface area (Å²) < 4.78 is 0. The highest BCUT2D eigenvalue weighted by Crippen LogP contribution is 2.26. The standard InChI is InChI=1S/C15H26N4OS.ClH/c1-15(2,3)14-17-12(11-21-14)10-18-6-8-19(9-7-18)13(20)4-5-16;/h11H,4-10,16H2,1-3H3;1H. The number of rotatable bonds is 4. The lowest BCUT2D eigenvalue weighted by atomic mass is 9.98. The normalized spacial score (nSPS) is 16.5. The minimum Gasteiger partial charge on any atom is -0.340 e. The van der Waals surface area contributed by atoms with Gasteiger partial charge in [-0.3, -0.25) is 9.69 Å². The third-order valence-electron chi connectivity index (χ3n) is 3.66. The molecule has 0 atom stereocenters. The van der Waals surface area contributed by atoms with Gasteiger partial charge in [-0.2, -0.15) is 0 Å². The van der Waals surface area contributed by atoms with E-state index in [4.69, 9.17) is 10.7 Å². The number of hydrogen-bond acceptors (Lipinski definition) is 5. The number of nitrogens with two attached hydrogens (primary N) is 1. The van der Waals surface area contributed by atoms with E-state index in [1.807, 2.05) is 4.90 Å². The first-order valence-electron chi connectivity index (χ1n) is 7.55. The zero-order chi connectivity index (χ0) is 15.5. The molecular formula is C15H27ClN4OS. The Morgan fingerprint density at radius 2 is 1.95 bits per heavy atom. The van der Waals surface area contributed by atoms with Gasteiger partial charge in [-0.25, -0.2) is 4.98 Å². The summed E-state index contributed by atoms with van der Waals surface area (Å²) in [5, 5.41) is 3.35. The molecule has 0 aliphatic carbocycles. The monoisotopic (exact) mass is 346 g/mol. The molecule has 0 bridgehead atoms. The van der Waals surface area contributed by atoms with E-state index in [0.29, 0.717) is 13.0 Å². The molecule has 1 fully saturated rings. The van der Waals surface area contributed by atoms with Gasteiger partial charge in [-0.1, -0.05) is 20.8 Å². The van der Waals surface area contributed by atoms with Gasteiger partial charge in [0.05, 0.1) is 10.7 Å². The van der Waals surface area contributed by atoms with Crippen LogP contribution < -0.4 is 5.73 Å². The van der Waals surface area contributed by atoms with Gasteiger partial charge in [-0.05, 0) is 0 Å². The number of amides is 1. The van der Waals surface area contributed by atoms with Crippen molar-refractivity contribution in [3.8, 4) is 0 Å². The fourth-order valence-corrected chi connectivity index (χ4v) is 3.29. The highest BCUT2D eigenvalue weighted by molar-refractivity contribution is 7.09. The SMILES string of the molecule is CC(C)(C)c1nc(CN2CCN(C(=O)CCN)CC2)cs1.Cl. The van der Waals surface area contributed by atoms with E-state index in [1.54, 1.807) is 11.3 Å². The molecule has 1 aliphatic rings. The van der Waals surface area contributed by atoms with Crippen molar-refractivity contribution in [3.05, 3.63) is 16.1 Å². The predicted octanol–water partition coefficient (Wildman–Crippen LogP) is 1.86. The first-order chi connectivity index (χ1) is 9.90. The van der Waals surface area contributed by atoms with E-state index in [1.165, 1.54) is 5.01 Å². The lowest BCUT2D eigenvalue weighted by molar-refractivity contribution is -0.132. The van der Waals surface area contributed by atoms with Gasteiger partial charge >= 0.3 is 0 Å². The minimum absolute atomic E-state index is 0. The van der Waals surface area contributed by atoms with Crippen LogP contribution in [0, 0.1) is 0 Å². The molecule has 2 rings (SSSR count). The minimum atomic E-state index is 0. The maximum absolute atomic E-state index is 11.8. The molecule has 0 aromatic carbocycles. The van der Waals surface area contributed by atoms with Gasteiger partial charge in [0.2, 0.25) is 5.91 Å². The molecule has 1 aromatic heterocycles. The Balaban J connectivity index is 0.00000242. The third-order valence-corrected chi connectivity index (χ3v) is 4.98. The maximum atomic E-state index is 11.8. The number of piperazine rings is 1. The van der Waals surface area contributed by atoms with Crippen molar-refractivity contribution in [1.82, 2.24) is 14.8 Å². The summed E-state index contributed by atoms with van der Waals surface area (Å²) in [6, 6.07) is 0. The van der Waals surface area contributed by atoms with Gasteiger partial charge in [0.1, 0.15) is 0 Å². The van der Waals surface area contributed by atoms with Gasteiger partial charge in [0.15, 0.2) is 0 Å². The van der Waals surface area contributed by atoms with Gasteiger partial charge in [-0.15, -0.1) is 23.7 Å². The van der Waals surface area contributed by atoms with E-state index < -0.39 is 0 Å². The van der Waals surface area contributed by atoms with Gasteiger partial charge in [0, 0.05) is 56.5 Å². The summed E-state index contributed by atoms with van der Waals surface area (Å²) in [5.74, 6) is 0.181. The Labute approximate surface area is 143 Å². The van der Waals surface area contributed by atoms with Crippen LogP contribution in [0.5, 0.6) is 0 Å². The van der Waals surface area contributed by atoms with E-state index >= 15 is 0 Å². The molecule has 1 aliphatic heterocycles. The number of halogens is 1. The molecule has 0 spiro atoms. The molecule has 7 heteroatoms. The fraction of sp³-hybridized carbons (Fsp3) is 0.733. The van der Waals surface area contributed by atoms with Crippen molar-refractivity contribution in [3.63, 3.8) is 0 Å². The Morgan fingerprint density at radius 1 is 1.32 bits per heavy atom. The molecule has 1 aromatic rings. The van der Waals surface area contributed by atoms with Crippen LogP contribution in [-0.2, 0) is 16.8 Å². The molecule has 1 saturated heterocycles. The predicted molar refractivity (Wildman–Crippen MR) is 93.6 cm³/mol. The first kappa shape index (κ1) is 19.4. The second kappa shape index (κ2) is 8.24. The Bertz CT molecular complexity index is 478. The number of hydrogen-bond donors (Lipinski definition) is 1. The van der Waals surface area contributed by atoms with Crippen LogP contribution >= 0.6 is 23.7 Å². The van der Waals surface area contributed by atoms with Crippen molar-refractivity contribution in [2.75, 3.05) is 32.7 Å². The summed E-state index contributed by atoms with van der Waals surface area (Å²) in [4.78, 5) is 20.8. The highest BCUT2D eigenvalue weighted by Gasteiger charge is 2.22. The Kier molecular flexibility index (Phi) is 7.25. The van der Waals surface area contributed by atoms with E-state index in [-0.39, 0.29) is 23.7 Å². The quantitative estimate of drug-likeness (QED) is 0.903. The summed E-state index contributed by atoms with van der Waals surface area (Å²) in [7, 11) is 0. The zero-order valence-corrected chi connectivity index (χ0v) is 15.3. The average Bonchev–Trinajstić information content (AvgIpc) is 2.88. The summed E-state index contributed by atoms with van der Waals surface area (Å²) in [6.07, 6.45) is 0.459. The van der Waals surface area contributed by atoms with Crippen LogP contribution in [0.25, 0.3) is 0 Å². The number of thiazole rings is 1. The number of nitrogens with zero attached hydrogens (tertiary/aromatic N) is 3. The molecule has 0 saturated carbocycles. The molecule has 5 nitrogen and oxygen atoms in total. The molecule has 2 N–H and O–H groups in total. The lowest BCUT2D eigenvalue weighted by Gasteiger charge is -2.34.